The van der Waals surface area contributed by atoms with E-state index in [0.29, 0.717) is 11.8 Å². The molecule has 1 fully saturated rings. The van der Waals surface area contributed by atoms with Gasteiger partial charge in [0.1, 0.15) is 5.60 Å². The maximum Gasteiger partial charge on any atom is 0.408 e. The predicted octanol–water partition coefficient (Wildman–Crippen LogP) is 3.09. The Morgan fingerprint density at radius 2 is 1.68 bits per heavy atom. The molecule has 0 spiro atoms. The van der Waals surface area contributed by atoms with Gasteiger partial charge >= 0.3 is 6.09 Å². The molecule has 0 heterocycles. The van der Waals surface area contributed by atoms with E-state index >= 15 is 0 Å². The first kappa shape index (κ1) is 16.3. The van der Waals surface area contributed by atoms with Crippen LogP contribution in [0.2, 0.25) is 0 Å². The number of carbonyl (C=O) groups excluding carboxylic acids is 1. The second kappa shape index (κ2) is 6.12. The van der Waals surface area contributed by atoms with Gasteiger partial charge in [0.15, 0.2) is 0 Å². The van der Waals surface area contributed by atoms with Crippen LogP contribution in [0.1, 0.15) is 60.3 Å². The molecule has 1 aliphatic carbocycles. The SMILES string of the molecule is CC(C)(C)OC(=O)NC(C)(C)C1CCC(CO)CC1. The molecule has 0 aromatic carbocycles. The molecule has 1 saturated carbocycles. The lowest BCUT2D eigenvalue weighted by Crippen LogP contribution is -2.51. The normalized spacial score (nSPS) is 24.9. The molecule has 4 nitrogen and oxygen atoms in total. The Labute approximate surface area is 116 Å². The van der Waals surface area contributed by atoms with Gasteiger partial charge in [-0.05, 0) is 72.1 Å². The summed E-state index contributed by atoms with van der Waals surface area (Å²) in [5.74, 6) is 0.886. The highest BCUT2D eigenvalue weighted by molar-refractivity contribution is 5.68. The summed E-state index contributed by atoms with van der Waals surface area (Å²) in [7, 11) is 0. The van der Waals surface area contributed by atoms with Gasteiger partial charge in [0, 0.05) is 12.1 Å². The van der Waals surface area contributed by atoms with Gasteiger partial charge in [0.2, 0.25) is 0 Å². The van der Waals surface area contributed by atoms with E-state index in [-0.39, 0.29) is 18.2 Å². The Balaban J connectivity index is 2.49. The first-order valence-electron chi connectivity index (χ1n) is 7.26. The number of aliphatic hydroxyl groups excluding tert-OH is 1. The number of rotatable bonds is 3. The average Bonchev–Trinajstić information content (AvgIpc) is 2.25. The van der Waals surface area contributed by atoms with Crippen molar-refractivity contribution in [1.82, 2.24) is 5.32 Å². The van der Waals surface area contributed by atoms with Crippen molar-refractivity contribution in [2.45, 2.75) is 71.4 Å². The minimum atomic E-state index is -0.464. The molecule has 0 radical (unpaired) electrons. The number of ether oxygens (including phenoxy) is 1. The van der Waals surface area contributed by atoms with Crippen LogP contribution in [-0.2, 0) is 4.74 Å². The summed E-state index contributed by atoms with van der Waals surface area (Å²) in [5.41, 5.74) is -0.725. The zero-order chi connectivity index (χ0) is 14.7. The fraction of sp³-hybridized carbons (Fsp3) is 0.933. The maximum absolute atomic E-state index is 11.9. The van der Waals surface area contributed by atoms with Crippen LogP contribution in [0.4, 0.5) is 4.79 Å². The van der Waals surface area contributed by atoms with Gasteiger partial charge in [-0.25, -0.2) is 4.79 Å². The second-order valence-electron chi connectivity index (χ2n) is 7.25. The Kier molecular flexibility index (Phi) is 5.25. The molecule has 0 unspecified atom stereocenters. The van der Waals surface area contributed by atoms with Gasteiger partial charge in [0.25, 0.3) is 0 Å². The van der Waals surface area contributed by atoms with E-state index in [0.717, 1.165) is 25.7 Å². The molecule has 0 bridgehead atoms. The van der Waals surface area contributed by atoms with Crippen molar-refractivity contribution in [3.63, 3.8) is 0 Å². The van der Waals surface area contributed by atoms with Crippen molar-refractivity contribution in [2.24, 2.45) is 11.8 Å². The summed E-state index contributed by atoms with van der Waals surface area (Å²) in [4.78, 5) is 11.9. The van der Waals surface area contributed by atoms with Gasteiger partial charge in [-0.15, -0.1) is 0 Å². The predicted molar refractivity (Wildman–Crippen MR) is 76.0 cm³/mol. The van der Waals surface area contributed by atoms with Gasteiger partial charge in [-0.2, -0.15) is 0 Å². The molecule has 112 valence electrons. The summed E-state index contributed by atoms with van der Waals surface area (Å²) in [6, 6.07) is 0. The van der Waals surface area contributed by atoms with E-state index in [1.165, 1.54) is 0 Å². The van der Waals surface area contributed by atoms with Crippen molar-refractivity contribution in [3.8, 4) is 0 Å². The smallest absolute Gasteiger partial charge is 0.408 e. The molecule has 0 aromatic rings. The molecule has 0 aliphatic heterocycles. The van der Waals surface area contributed by atoms with Crippen molar-refractivity contribution in [3.05, 3.63) is 0 Å². The number of alkyl carbamates (subject to hydrolysis) is 1. The highest BCUT2D eigenvalue weighted by Crippen LogP contribution is 2.35. The number of nitrogens with one attached hydrogen (secondary N) is 1. The van der Waals surface area contributed by atoms with Crippen molar-refractivity contribution in [2.75, 3.05) is 6.61 Å². The first-order chi connectivity index (χ1) is 8.64. The standard InChI is InChI=1S/C15H29NO3/c1-14(2,3)19-13(18)16-15(4,5)12-8-6-11(10-17)7-9-12/h11-12,17H,6-10H2,1-5H3,(H,16,18). The summed E-state index contributed by atoms with van der Waals surface area (Å²) in [6.45, 7) is 10.00. The number of amides is 1. The molecule has 1 aliphatic rings. The van der Waals surface area contributed by atoms with Crippen LogP contribution >= 0.6 is 0 Å². The molecule has 19 heavy (non-hydrogen) atoms. The third-order valence-electron chi connectivity index (χ3n) is 3.95. The molecule has 0 saturated heterocycles. The highest BCUT2D eigenvalue weighted by atomic mass is 16.6. The van der Waals surface area contributed by atoms with Gasteiger partial charge in [-0.3, -0.25) is 0 Å². The molecule has 0 aromatic heterocycles. The molecular weight excluding hydrogens is 242 g/mol. The molecule has 1 rings (SSSR count). The fourth-order valence-corrected chi connectivity index (χ4v) is 2.74. The summed E-state index contributed by atoms with van der Waals surface area (Å²) < 4.78 is 5.32. The van der Waals surface area contributed by atoms with Crippen LogP contribution in [0.5, 0.6) is 0 Å². The number of hydrogen-bond donors (Lipinski definition) is 2. The van der Waals surface area contributed by atoms with Crippen LogP contribution < -0.4 is 5.32 Å². The van der Waals surface area contributed by atoms with Crippen LogP contribution in [0.3, 0.4) is 0 Å². The van der Waals surface area contributed by atoms with Crippen LogP contribution in [0.25, 0.3) is 0 Å². The monoisotopic (exact) mass is 271 g/mol. The van der Waals surface area contributed by atoms with Crippen LogP contribution in [0.15, 0.2) is 0 Å². The molecule has 2 N–H and O–H groups in total. The van der Waals surface area contributed by atoms with Crippen LogP contribution in [-0.4, -0.2) is 28.9 Å². The largest absolute Gasteiger partial charge is 0.444 e. The summed E-state index contributed by atoms with van der Waals surface area (Å²) >= 11 is 0. The Hall–Kier alpha value is -0.770. The average molecular weight is 271 g/mol. The second-order valence-corrected chi connectivity index (χ2v) is 7.25. The third-order valence-corrected chi connectivity index (χ3v) is 3.95. The lowest BCUT2D eigenvalue weighted by Gasteiger charge is -2.39. The van der Waals surface area contributed by atoms with Crippen molar-refractivity contribution >= 4 is 6.09 Å². The number of carbonyl (C=O) groups is 1. The molecule has 0 atom stereocenters. The Morgan fingerprint density at radius 3 is 2.11 bits per heavy atom. The van der Waals surface area contributed by atoms with Gasteiger partial charge in [-0.1, -0.05) is 0 Å². The highest BCUT2D eigenvalue weighted by Gasteiger charge is 2.35. The lowest BCUT2D eigenvalue weighted by molar-refractivity contribution is 0.0397. The van der Waals surface area contributed by atoms with Crippen molar-refractivity contribution < 1.29 is 14.6 Å². The van der Waals surface area contributed by atoms with Crippen molar-refractivity contribution in [1.29, 1.82) is 0 Å². The van der Waals surface area contributed by atoms with Gasteiger partial charge < -0.3 is 15.2 Å². The summed E-state index contributed by atoms with van der Waals surface area (Å²) in [6.07, 6.45) is 3.84. The first-order valence-corrected chi connectivity index (χ1v) is 7.26. The molecular formula is C15H29NO3. The number of aliphatic hydroxyl groups is 1. The number of hydrogen-bond acceptors (Lipinski definition) is 3. The summed E-state index contributed by atoms with van der Waals surface area (Å²) in [5, 5.41) is 12.2. The Morgan fingerprint density at radius 1 is 1.16 bits per heavy atom. The van der Waals surface area contributed by atoms with E-state index < -0.39 is 5.60 Å². The van der Waals surface area contributed by atoms with E-state index in [1.807, 2.05) is 20.8 Å². The van der Waals surface area contributed by atoms with Gasteiger partial charge in [0.05, 0.1) is 0 Å². The topological polar surface area (TPSA) is 58.6 Å². The van der Waals surface area contributed by atoms with Crippen LogP contribution in [0, 0.1) is 11.8 Å². The molecule has 1 amide bonds. The zero-order valence-electron chi connectivity index (χ0n) is 13.0. The minimum Gasteiger partial charge on any atom is -0.444 e. The molecule has 4 heteroatoms. The van der Waals surface area contributed by atoms with E-state index in [4.69, 9.17) is 9.84 Å². The van der Waals surface area contributed by atoms with E-state index in [1.54, 1.807) is 0 Å². The quantitative estimate of drug-likeness (QED) is 0.829. The lowest BCUT2D eigenvalue weighted by atomic mass is 9.73. The zero-order valence-corrected chi connectivity index (χ0v) is 13.0. The maximum atomic E-state index is 11.9. The third kappa shape index (κ3) is 5.39. The van der Waals surface area contributed by atoms with E-state index in [2.05, 4.69) is 19.2 Å². The Bertz CT molecular complexity index is 299. The fourth-order valence-electron chi connectivity index (χ4n) is 2.74. The minimum absolute atomic E-state index is 0.261. The van der Waals surface area contributed by atoms with E-state index in [9.17, 15) is 4.79 Å².